The van der Waals surface area contributed by atoms with Gasteiger partial charge in [-0.15, -0.1) is 11.3 Å². The van der Waals surface area contributed by atoms with Gasteiger partial charge in [-0.05, 0) is 20.0 Å². The van der Waals surface area contributed by atoms with Crippen molar-refractivity contribution in [2.45, 2.75) is 26.3 Å². The second kappa shape index (κ2) is 6.61. The van der Waals surface area contributed by atoms with Gasteiger partial charge in [0.15, 0.2) is 0 Å². The summed E-state index contributed by atoms with van der Waals surface area (Å²) in [5, 5.41) is 3.39. The number of hydrogen-bond acceptors (Lipinski definition) is 5. The number of rotatable bonds is 5. The number of thiazole rings is 1. The second-order valence-electron chi connectivity index (χ2n) is 4.86. The molecule has 5 heteroatoms. The third-order valence-electron chi connectivity index (χ3n) is 3.73. The molecule has 0 aromatic carbocycles. The second-order valence-corrected chi connectivity index (χ2v) is 5.75. The van der Waals surface area contributed by atoms with Crippen molar-refractivity contribution in [1.29, 1.82) is 0 Å². The largest absolute Gasteiger partial charge is 0.330 e. The van der Waals surface area contributed by atoms with Gasteiger partial charge in [0.25, 0.3) is 0 Å². The molecule has 0 spiro atoms. The highest BCUT2D eigenvalue weighted by atomic mass is 32.1. The van der Waals surface area contributed by atoms with E-state index in [0.717, 1.165) is 25.2 Å². The molecule has 1 aliphatic rings. The van der Waals surface area contributed by atoms with Gasteiger partial charge in [-0.2, -0.15) is 0 Å². The topological polar surface area (TPSA) is 45.4 Å². The fraction of sp³-hybridized carbons (Fsp3) is 0.769. The van der Waals surface area contributed by atoms with E-state index in [4.69, 9.17) is 10.7 Å². The fourth-order valence-electron chi connectivity index (χ4n) is 2.40. The maximum absolute atomic E-state index is 5.57. The van der Waals surface area contributed by atoms with Crippen molar-refractivity contribution in [3.63, 3.8) is 0 Å². The zero-order valence-electron chi connectivity index (χ0n) is 11.4. The van der Waals surface area contributed by atoms with E-state index in [9.17, 15) is 0 Å². The third-order valence-corrected chi connectivity index (χ3v) is 4.79. The molecular formula is C13H24N4S. The Hall–Kier alpha value is -0.490. The Bertz CT molecular complexity index is 358. The Balaban J connectivity index is 1.92. The van der Waals surface area contributed by atoms with E-state index >= 15 is 0 Å². The predicted octanol–water partition coefficient (Wildman–Crippen LogP) is 1.34. The molecule has 1 aliphatic heterocycles. The van der Waals surface area contributed by atoms with Crippen molar-refractivity contribution in [3.05, 3.63) is 16.1 Å². The first-order chi connectivity index (χ1) is 8.74. The van der Waals surface area contributed by atoms with Crippen LogP contribution in [-0.2, 0) is 6.42 Å². The molecule has 102 valence electrons. The molecule has 2 N–H and O–H groups in total. The monoisotopic (exact) mass is 268 g/mol. The van der Waals surface area contributed by atoms with Crippen LogP contribution in [0.4, 0.5) is 0 Å². The Morgan fingerprint density at radius 3 is 2.72 bits per heavy atom. The van der Waals surface area contributed by atoms with Crippen LogP contribution in [0.15, 0.2) is 5.38 Å². The molecule has 1 saturated heterocycles. The number of nitrogens with two attached hydrogens (primary N) is 1. The van der Waals surface area contributed by atoms with E-state index in [0.29, 0.717) is 12.6 Å². The van der Waals surface area contributed by atoms with Crippen LogP contribution in [0.5, 0.6) is 0 Å². The highest BCUT2D eigenvalue weighted by Gasteiger charge is 2.23. The van der Waals surface area contributed by atoms with E-state index in [1.54, 1.807) is 11.3 Å². The Labute approximate surface area is 114 Å². The standard InChI is InChI=1S/C13H24N4S/c1-3-16-6-8-17(9-7-16)11(2)13-15-12(4-5-14)10-18-13/h10-11H,3-9,14H2,1-2H3. The molecule has 1 aromatic heterocycles. The van der Waals surface area contributed by atoms with Crippen LogP contribution >= 0.6 is 11.3 Å². The molecule has 0 aliphatic carbocycles. The van der Waals surface area contributed by atoms with E-state index < -0.39 is 0 Å². The number of aromatic nitrogens is 1. The molecule has 0 amide bonds. The molecule has 0 radical (unpaired) electrons. The molecule has 0 saturated carbocycles. The maximum atomic E-state index is 5.57. The number of hydrogen-bond donors (Lipinski definition) is 1. The lowest BCUT2D eigenvalue weighted by Crippen LogP contribution is -2.46. The normalized spacial score (nSPS) is 20.2. The maximum Gasteiger partial charge on any atom is 0.110 e. The number of nitrogens with zero attached hydrogens (tertiary/aromatic N) is 3. The van der Waals surface area contributed by atoms with Gasteiger partial charge in [0.05, 0.1) is 11.7 Å². The van der Waals surface area contributed by atoms with E-state index in [1.807, 2.05) is 0 Å². The van der Waals surface area contributed by atoms with Crippen molar-refractivity contribution >= 4 is 11.3 Å². The quantitative estimate of drug-likeness (QED) is 0.875. The van der Waals surface area contributed by atoms with Crippen LogP contribution in [0.1, 0.15) is 30.6 Å². The first-order valence-electron chi connectivity index (χ1n) is 6.85. The van der Waals surface area contributed by atoms with Crippen molar-refractivity contribution < 1.29 is 0 Å². The minimum Gasteiger partial charge on any atom is -0.330 e. The molecule has 2 rings (SSSR count). The first-order valence-corrected chi connectivity index (χ1v) is 7.73. The summed E-state index contributed by atoms with van der Waals surface area (Å²) in [4.78, 5) is 9.74. The van der Waals surface area contributed by atoms with Gasteiger partial charge >= 0.3 is 0 Å². The molecule has 1 atom stereocenters. The van der Waals surface area contributed by atoms with Crippen molar-refractivity contribution in [2.75, 3.05) is 39.3 Å². The highest BCUT2D eigenvalue weighted by molar-refractivity contribution is 7.09. The van der Waals surface area contributed by atoms with Crippen LogP contribution in [0, 0.1) is 0 Å². The van der Waals surface area contributed by atoms with E-state index in [1.165, 1.54) is 24.6 Å². The number of likely N-dealkylation sites (N-methyl/N-ethyl adjacent to an activating group) is 1. The van der Waals surface area contributed by atoms with Crippen LogP contribution in [0.3, 0.4) is 0 Å². The average molecular weight is 268 g/mol. The van der Waals surface area contributed by atoms with Crippen LogP contribution in [0.25, 0.3) is 0 Å². The molecule has 2 heterocycles. The highest BCUT2D eigenvalue weighted by Crippen LogP contribution is 2.24. The third kappa shape index (κ3) is 3.29. The molecule has 4 nitrogen and oxygen atoms in total. The first kappa shape index (κ1) is 13.9. The summed E-state index contributed by atoms with van der Waals surface area (Å²) in [6.07, 6.45) is 0.896. The minimum absolute atomic E-state index is 0.445. The SMILES string of the molecule is CCN1CCN(C(C)c2nc(CCN)cs2)CC1. The fourth-order valence-corrected chi connectivity index (χ4v) is 3.34. The van der Waals surface area contributed by atoms with Gasteiger partial charge in [-0.1, -0.05) is 6.92 Å². The molecule has 1 unspecified atom stereocenters. The van der Waals surface area contributed by atoms with Gasteiger partial charge in [0.2, 0.25) is 0 Å². The molecule has 0 bridgehead atoms. The summed E-state index contributed by atoms with van der Waals surface area (Å²) in [6.45, 7) is 11.0. The van der Waals surface area contributed by atoms with Gasteiger partial charge in [0, 0.05) is 38.0 Å². The van der Waals surface area contributed by atoms with Crippen LogP contribution < -0.4 is 5.73 Å². The van der Waals surface area contributed by atoms with Gasteiger partial charge in [0.1, 0.15) is 5.01 Å². The van der Waals surface area contributed by atoms with Crippen molar-refractivity contribution in [1.82, 2.24) is 14.8 Å². The molecule has 18 heavy (non-hydrogen) atoms. The van der Waals surface area contributed by atoms with Gasteiger partial charge in [-0.25, -0.2) is 4.98 Å². The average Bonchev–Trinajstić information content (AvgIpc) is 2.87. The van der Waals surface area contributed by atoms with Crippen molar-refractivity contribution in [3.8, 4) is 0 Å². The smallest absolute Gasteiger partial charge is 0.110 e. The zero-order valence-corrected chi connectivity index (χ0v) is 12.2. The lowest BCUT2D eigenvalue weighted by atomic mass is 10.2. The summed E-state index contributed by atoms with van der Waals surface area (Å²) in [6, 6.07) is 0.445. The van der Waals surface area contributed by atoms with E-state index in [2.05, 4.69) is 29.0 Å². The lowest BCUT2D eigenvalue weighted by Gasteiger charge is -2.36. The summed E-state index contributed by atoms with van der Waals surface area (Å²) < 4.78 is 0. The summed E-state index contributed by atoms with van der Waals surface area (Å²) in [5.74, 6) is 0. The lowest BCUT2D eigenvalue weighted by molar-refractivity contribution is 0.106. The van der Waals surface area contributed by atoms with Crippen LogP contribution in [0.2, 0.25) is 0 Å². The molecule has 1 fully saturated rings. The zero-order chi connectivity index (χ0) is 13.0. The number of piperazine rings is 1. The molecular weight excluding hydrogens is 244 g/mol. The Morgan fingerprint density at radius 1 is 1.39 bits per heavy atom. The van der Waals surface area contributed by atoms with Crippen molar-refractivity contribution in [2.24, 2.45) is 5.73 Å². The summed E-state index contributed by atoms with van der Waals surface area (Å²) >= 11 is 1.78. The van der Waals surface area contributed by atoms with Crippen LogP contribution in [-0.4, -0.2) is 54.1 Å². The Kier molecular flexibility index (Phi) is 5.12. The molecule has 1 aromatic rings. The predicted molar refractivity (Wildman–Crippen MR) is 77.0 cm³/mol. The minimum atomic E-state index is 0.445. The Morgan fingerprint density at radius 2 is 2.11 bits per heavy atom. The van der Waals surface area contributed by atoms with Gasteiger partial charge < -0.3 is 10.6 Å². The van der Waals surface area contributed by atoms with E-state index in [-0.39, 0.29) is 0 Å². The summed E-state index contributed by atoms with van der Waals surface area (Å²) in [7, 11) is 0. The summed E-state index contributed by atoms with van der Waals surface area (Å²) in [5.41, 5.74) is 6.72. The van der Waals surface area contributed by atoms with Gasteiger partial charge in [-0.3, -0.25) is 4.90 Å².